The molecule has 0 aromatic heterocycles. The molecule has 0 unspecified atom stereocenters. The first-order valence-corrected chi connectivity index (χ1v) is 28.8. The summed E-state index contributed by atoms with van der Waals surface area (Å²) >= 11 is 0. The number of hydrogen-bond donors (Lipinski definition) is 0. The molecule has 396 valence electrons. The van der Waals surface area contributed by atoms with Gasteiger partial charge in [-0.2, -0.15) is 0 Å². The van der Waals surface area contributed by atoms with E-state index in [1.807, 2.05) is 0 Å². The molecule has 0 radical (unpaired) electrons. The van der Waals surface area contributed by atoms with Gasteiger partial charge in [-0.3, -0.25) is 0 Å². The monoisotopic (exact) mass is 1070 g/mol. The quantitative estimate of drug-likeness (QED) is 0.100. The molecule has 14 aromatic carbocycles. The first-order valence-electron chi connectivity index (χ1n) is 28.8. The van der Waals surface area contributed by atoms with Crippen LogP contribution in [0.2, 0.25) is 0 Å². The van der Waals surface area contributed by atoms with Gasteiger partial charge >= 0.3 is 0 Å². The molecule has 0 saturated carbocycles. The highest BCUT2D eigenvalue weighted by Crippen LogP contribution is 2.51. The van der Waals surface area contributed by atoms with Gasteiger partial charge in [-0.15, -0.1) is 0 Å². The molecule has 0 saturated heterocycles. The van der Waals surface area contributed by atoms with Crippen LogP contribution in [0.4, 0.5) is 34.1 Å². The van der Waals surface area contributed by atoms with Crippen LogP contribution in [0.1, 0.15) is 22.3 Å². The van der Waals surface area contributed by atoms with Crippen molar-refractivity contribution in [2.45, 2.75) is 0 Å². The van der Waals surface area contributed by atoms with E-state index in [9.17, 15) is 0 Å². The lowest BCUT2D eigenvalue weighted by atomic mass is 9.79. The smallest absolute Gasteiger partial charge is 0.0540 e. The molecule has 0 bridgehead atoms. The Balaban J connectivity index is 0.810. The fourth-order valence-electron chi connectivity index (χ4n) is 12.0. The van der Waals surface area contributed by atoms with E-state index in [-0.39, 0.29) is 0 Å². The van der Waals surface area contributed by atoms with Crippen LogP contribution >= 0.6 is 0 Å². The SMILES string of the molecule is C(=Cc1ccc(N(c2ccccc2)c2cccc3ccccc23)cc1)c1ccc(-c2c(-c3ccc(C=Cc4ccc(N(c5ccccc5)c5cccc6ccccc56)cc4)cc3)c(-c3ccccc3)c3ccccc3c2-c2ccccc2)cc1. The molecule has 2 nitrogen and oxygen atoms in total. The second-order valence-electron chi connectivity index (χ2n) is 21.2. The van der Waals surface area contributed by atoms with Crippen LogP contribution in [0.3, 0.4) is 0 Å². The topological polar surface area (TPSA) is 6.48 Å². The van der Waals surface area contributed by atoms with Crippen molar-refractivity contribution in [2.24, 2.45) is 0 Å². The maximum atomic E-state index is 2.35. The van der Waals surface area contributed by atoms with Crippen molar-refractivity contribution in [3.05, 3.63) is 350 Å². The van der Waals surface area contributed by atoms with Gasteiger partial charge in [-0.25, -0.2) is 0 Å². The van der Waals surface area contributed by atoms with Crippen LogP contribution in [0.25, 0.3) is 101 Å². The Kier molecular flexibility index (Phi) is 14.1. The van der Waals surface area contributed by atoms with Gasteiger partial charge < -0.3 is 9.80 Å². The van der Waals surface area contributed by atoms with Gasteiger partial charge in [0.1, 0.15) is 0 Å². The summed E-state index contributed by atoms with van der Waals surface area (Å²) in [6, 6.07) is 118. The molecule has 0 aliphatic rings. The highest BCUT2D eigenvalue weighted by atomic mass is 15.1. The molecule has 2 heteroatoms. The summed E-state index contributed by atoms with van der Waals surface area (Å²) in [5.41, 5.74) is 20.8. The normalized spacial score (nSPS) is 11.5. The van der Waals surface area contributed by atoms with E-state index in [2.05, 4.69) is 362 Å². The van der Waals surface area contributed by atoms with Gasteiger partial charge in [0, 0.05) is 33.5 Å². The van der Waals surface area contributed by atoms with Gasteiger partial charge in [-0.05, 0) is 149 Å². The minimum absolute atomic E-state index is 1.10. The summed E-state index contributed by atoms with van der Waals surface area (Å²) in [5.74, 6) is 0. The van der Waals surface area contributed by atoms with Crippen LogP contribution in [-0.4, -0.2) is 0 Å². The summed E-state index contributed by atoms with van der Waals surface area (Å²) in [7, 11) is 0. The van der Waals surface area contributed by atoms with Crippen molar-refractivity contribution >= 4 is 90.7 Å². The molecule has 0 spiro atoms. The number of fused-ring (bicyclic) bond motifs is 3. The second-order valence-corrected chi connectivity index (χ2v) is 21.2. The molecular formula is C82H58N2. The van der Waals surface area contributed by atoms with Crippen molar-refractivity contribution in [1.29, 1.82) is 0 Å². The van der Waals surface area contributed by atoms with Crippen LogP contribution in [0.5, 0.6) is 0 Å². The summed E-state index contributed by atoms with van der Waals surface area (Å²) < 4.78 is 0. The molecule has 14 aromatic rings. The minimum Gasteiger partial charge on any atom is -0.310 e. The van der Waals surface area contributed by atoms with Crippen molar-refractivity contribution in [3.8, 4) is 44.5 Å². The molecule has 84 heavy (non-hydrogen) atoms. The summed E-state index contributed by atoms with van der Waals surface area (Å²) in [6.45, 7) is 0. The predicted octanol–water partition coefficient (Wildman–Crippen LogP) is 23.1. The van der Waals surface area contributed by atoms with Crippen LogP contribution in [0, 0.1) is 0 Å². The number of benzene rings is 14. The third-order valence-corrected chi connectivity index (χ3v) is 16.0. The third kappa shape index (κ3) is 10.3. The molecule has 0 aliphatic heterocycles. The molecule has 0 amide bonds. The fourth-order valence-corrected chi connectivity index (χ4v) is 12.0. The van der Waals surface area contributed by atoms with E-state index in [4.69, 9.17) is 0 Å². The van der Waals surface area contributed by atoms with E-state index in [1.165, 1.54) is 65.7 Å². The zero-order chi connectivity index (χ0) is 56.0. The average molecular weight is 1070 g/mol. The summed E-state index contributed by atoms with van der Waals surface area (Å²) in [6.07, 6.45) is 8.87. The third-order valence-electron chi connectivity index (χ3n) is 16.0. The van der Waals surface area contributed by atoms with Gasteiger partial charge in [0.15, 0.2) is 0 Å². The van der Waals surface area contributed by atoms with E-state index < -0.39 is 0 Å². The van der Waals surface area contributed by atoms with Crippen molar-refractivity contribution in [3.63, 3.8) is 0 Å². The number of rotatable bonds is 14. The number of para-hydroxylation sites is 2. The molecule has 0 aliphatic carbocycles. The summed E-state index contributed by atoms with van der Waals surface area (Å²) in [5, 5.41) is 7.29. The Morgan fingerprint density at radius 1 is 0.179 bits per heavy atom. The van der Waals surface area contributed by atoms with Crippen LogP contribution in [-0.2, 0) is 0 Å². The standard InChI is InChI=1S/C82H58N2/c1-5-23-65(24-6-1)79-75-35-17-18-36-76(75)80(66-25-7-2-8-26-66)82(68-53-45-60(46-54-68)40-42-62-49-57-72(58-50-62)84(70-31-11-4-12-32-70)78-38-20-28-64-22-14-16-34-74(64)78)81(79)67-51-43-59(44-52-67)39-41-61-47-55-71(56-48-61)83(69-29-9-3-10-30-69)77-37-19-27-63-21-13-15-33-73(63)77/h1-58H. The minimum atomic E-state index is 1.10. The van der Waals surface area contributed by atoms with Crippen molar-refractivity contribution in [1.82, 2.24) is 0 Å². The molecule has 0 atom stereocenters. The van der Waals surface area contributed by atoms with E-state index in [0.717, 1.165) is 67.5 Å². The Labute approximate surface area is 492 Å². The largest absolute Gasteiger partial charge is 0.310 e. The van der Waals surface area contributed by atoms with E-state index >= 15 is 0 Å². The maximum Gasteiger partial charge on any atom is 0.0540 e. The Bertz CT molecular complexity index is 4330. The second kappa shape index (κ2) is 23.2. The lowest BCUT2D eigenvalue weighted by Crippen LogP contribution is -2.10. The molecule has 0 fully saturated rings. The van der Waals surface area contributed by atoms with Gasteiger partial charge in [0.2, 0.25) is 0 Å². The molecule has 14 rings (SSSR count). The van der Waals surface area contributed by atoms with Crippen LogP contribution < -0.4 is 9.80 Å². The van der Waals surface area contributed by atoms with Crippen LogP contribution in [0.15, 0.2) is 328 Å². The zero-order valence-corrected chi connectivity index (χ0v) is 46.4. The average Bonchev–Trinajstić information content (AvgIpc) is 2.54. The van der Waals surface area contributed by atoms with Gasteiger partial charge in [-0.1, -0.05) is 291 Å². The zero-order valence-electron chi connectivity index (χ0n) is 46.4. The van der Waals surface area contributed by atoms with E-state index in [0.29, 0.717) is 0 Å². The predicted molar refractivity (Wildman–Crippen MR) is 361 cm³/mol. The van der Waals surface area contributed by atoms with Gasteiger partial charge in [0.25, 0.3) is 0 Å². The number of anilines is 6. The summed E-state index contributed by atoms with van der Waals surface area (Å²) in [4.78, 5) is 4.70. The van der Waals surface area contributed by atoms with Crippen molar-refractivity contribution < 1.29 is 0 Å². The Hall–Kier alpha value is -11.1. The first-order chi connectivity index (χ1) is 41.7. The molecule has 0 heterocycles. The highest BCUT2D eigenvalue weighted by molar-refractivity contribution is 6.18. The Morgan fingerprint density at radius 3 is 0.798 bits per heavy atom. The lowest BCUT2D eigenvalue weighted by molar-refractivity contribution is 1.30. The van der Waals surface area contributed by atoms with Crippen molar-refractivity contribution in [2.75, 3.05) is 9.80 Å². The van der Waals surface area contributed by atoms with Gasteiger partial charge in [0.05, 0.1) is 11.4 Å². The Morgan fingerprint density at radius 2 is 0.440 bits per heavy atom. The highest BCUT2D eigenvalue weighted by Gasteiger charge is 2.24. The number of nitrogens with zero attached hydrogens (tertiary/aromatic N) is 2. The maximum absolute atomic E-state index is 2.35. The van der Waals surface area contributed by atoms with E-state index in [1.54, 1.807) is 0 Å². The number of hydrogen-bond acceptors (Lipinski definition) is 2. The molecular weight excluding hydrogens is 1010 g/mol. The lowest BCUT2D eigenvalue weighted by Gasteiger charge is -2.27. The first kappa shape index (κ1) is 51.1. The fraction of sp³-hybridized carbons (Fsp3) is 0. The molecule has 0 N–H and O–H groups in total.